The van der Waals surface area contributed by atoms with Crippen molar-refractivity contribution < 1.29 is 19.7 Å². The fourth-order valence-electron chi connectivity index (χ4n) is 3.51. The van der Waals surface area contributed by atoms with Crippen LogP contribution in [0.2, 0.25) is 0 Å². The lowest BCUT2D eigenvalue weighted by Crippen LogP contribution is -2.31. The van der Waals surface area contributed by atoms with Crippen molar-refractivity contribution in [2.24, 2.45) is 5.10 Å². The van der Waals surface area contributed by atoms with E-state index in [-0.39, 0.29) is 22.8 Å². The average molecular weight is 437 g/mol. The number of fused-ring (bicyclic) bond motifs is 1. The zero-order valence-corrected chi connectivity index (χ0v) is 18.2. The van der Waals surface area contributed by atoms with Crippen molar-refractivity contribution in [3.05, 3.63) is 63.9 Å². The smallest absolute Gasteiger partial charge is 0.280 e. The maximum atomic E-state index is 13.1. The lowest BCUT2D eigenvalue weighted by molar-refractivity contribution is 0.0950. The molecule has 168 valence electrons. The second-order valence-electron chi connectivity index (χ2n) is 7.39. The van der Waals surface area contributed by atoms with Gasteiger partial charge in [0.2, 0.25) is 0 Å². The highest BCUT2D eigenvalue weighted by atomic mass is 16.5. The van der Waals surface area contributed by atoms with Crippen molar-refractivity contribution >= 4 is 23.0 Å². The molecule has 0 saturated carbocycles. The van der Waals surface area contributed by atoms with Gasteiger partial charge >= 0.3 is 0 Å². The molecule has 0 spiro atoms. The van der Waals surface area contributed by atoms with E-state index in [2.05, 4.69) is 17.5 Å². The van der Waals surface area contributed by atoms with E-state index in [0.717, 1.165) is 25.7 Å². The van der Waals surface area contributed by atoms with Crippen LogP contribution in [0.5, 0.6) is 17.2 Å². The number of hydrogen-bond donors (Lipinski definition) is 3. The lowest BCUT2D eigenvalue weighted by atomic mass is 10.1. The number of carbonyl (C=O) groups excluding carboxylic acids is 1. The number of aromatic hydroxyl groups is 2. The van der Waals surface area contributed by atoms with Gasteiger partial charge in [-0.25, -0.2) is 5.43 Å². The summed E-state index contributed by atoms with van der Waals surface area (Å²) in [6.07, 6.45) is 5.25. The van der Waals surface area contributed by atoms with Gasteiger partial charge in [-0.15, -0.1) is 0 Å². The van der Waals surface area contributed by atoms with Crippen LogP contribution in [0, 0.1) is 0 Å². The molecule has 2 aromatic carbocycles. The van der Waals surface area contributed by atoms with E-state index in [1.807, 2.05) is 0 Å². The molecule has 0 aliphatic heterocycles. The Kier molecular flexibility index (Phi) is 7.49. The second-order valence-corrected chi connectivity index (χ2v) is 7.39. The van der Waals surface area contributed by atoms with Crippen LogP contribution in [-0.4, -0.2) is 34.0 Å². The molecule has 1 amide bonds. The van der Waals surface area contributed by atoms with Crippen LogP contribution in [-0.2, 0) is 6.54 Å². The number of phenolic OH excluding ortho intramolecular Hbond substituents is 1. The maximum absolute atomic E-state index is 13.1. The van der Waals surface area contributed by atoms with Gasteiger partial charge in [-0.3, -0.25) is 9.59 Å². The Balaban J connectivity index is 1.90. The first kappa shape index (κ1) is 22.9. The number of nitrogens with zero attached hydrogens (tertiary/aromatic N) is 2. The van der Waals surface area contributed by atoms with Crippen LogP contribution < -0.4 is 15.7 Å². The number of aryl methyl sites for hydroxylation is 1. The summed E-state index contributed by atoms with van der Waals surface area (Å²) in [6.45, 7) is 2.57. The highest BCUT2D eigenvalue weighted by Crippen LogP contribution is 2.27. The SMILES string of the molecule is CCCCCCn1c(=O)c(C(=O)N/N=C\c2ccc(O)c(OC)c2)c(O)c2ccccc21. The number of para-hydroxylation sites is 1. The largest absolute Gasteiger partial charge is 0.506 e. The summed E-state index contributed by atoms with van der Waals surface area (Å²) in [4.78, 5) is 25.9. The molecular weight excluding hydrogens is 410 g/mol. The molecule has 0 aliphatic rings. The van der Waals surface area contributed by atoms with Gasteiger partial charge in [0.25, 0.3) is 11.5 Å². The Morgan fingerprint density at radius 1 is 1.16 bits per heavy atom. The Morgan fingerprint density at radius 3 is 2.69 bits per heavy atom. The van der Waals surface area contributed by atoms with Crippen LogP contribution in [0.15, 0.2) is 52.4 Å². The second kappa shape index (κ2) is 10.5. The summed E-state index contributed by atoms with van der Waals surface area (Å²) < 4.78 is 6.58. The third-order valence-corrected chi connectivity index (χ3v) is 5.19. The summed E-state index contributed by atoms with van der Waals surface area (Å²) >= 11 is 0. The van der Waals surface area contributed by atoms with Crippen molar-refractivity contribution in [1.29, 1.82) is 0 Å². The fourth-order valence-corrected chi connectivity index (χ4v) is 3.51. The summed E-state index contributed by atoms with van der Waals surface area (Å²) in [6, 6.07) is 11.5. The zero-order valence-electron chi connectivity index (χ0n) is 18.2. The number of rotatable bonds is 9. The van der Waals surface area contributed by atoms with Gasteiger partial charge in [0.1, 0.15) is 11.3 Å². The third kappa shape index (κ3) is 4.91. The number of hydrazone groups is 1. The summed E-state index contributed by atoms with van der Waals surface area (Å²) in [7, 11) is 1.42. The van der Waals surface area contributed by atoms with E-state index >= 15 is 0 Å². The zero-order chi connectivity index (χ0) is 23.1. The number of phenols is 1. The van der Waals surface area contributed by atoms with Gasteiger partial charge in [0, 0.05) is 11.9 Å². The minimum Gasteiger partial charge on any atom is -0.506 e. The standard InChI is InChI=1S/C24H27N3O5/c1-3-4-5-8-13-27-18-10-7-6-9-17(18)22(29)21(24(27)31)23(30)26-25-15-16-11-12-19(28)20(14-16)32-2/h6-7,9-12,14-15,28-29H,3-5,8,13H2,1-2H3,(H,26,30)/b25-15-. The number of ether oxygens (including phenoxy) is 1. The molecule has 3 aromatic rings. The topological polar surface area (TPSA) is 113 Å². The quantitative estimate of drug-likeness (QED) is 0.268. The van der Waals surface area contributed by atoms with E-state index in [0.29, 0.717) is 23.0 Å². The van der Waals surface area contributed by atoms with Gasteiger partial charge in [-0.05, 0) is 42.3 Å². The molecule has 3 rings (SSSR count). The van der Waals surface area contributed by atoms with Crippen LogP contribution in [0.4, 0.5) is 0 Å². The molecule has 1 heterocycles. The summed E-state index contributed by atoms with van der Waals surface area (Å²) in [5, 5.41) is 24.6. The normalized spacial score (nSPS) is 11.2. The van der Waals surface area contributed by atoms with Crippen LogP contribution >= 0.6 is 0 Å². The molecular formula is C24H27N3O5. The van der Waals surface area contributed by atoms with E-state index in [1.165, 1.54) is 24.0 Å². The van der Waals surface area contributed by atoms with Gasteiger partial charge in [-0.2, -0.15) is 5.10 Å². The third-order valence-electron chi connectivity index (χ3n) is 5.19. The minimum atomic E-state index is -0.803. The van der Waals surface area contributed by atoms with E-state index in [4.69, 9.17) is 4.74 Å². The number of unbranched alkanes of at least 4 members (excludes halogenated alkanes) is 3. The molecule has 0 saturated heterocycles. The number of carbonyl (C=O) groups is 1. The van der Waals surface area contributed by atoms with Gasteiger partial charge in [0.15, 0.2) is 11.5 Å². The number of hydrogen-bond acceptors (Lipinski definition) is 6. The van der Waals surface area contributed by atoms with Crippen LogP contribution in [0.3, 0.4) is 0 Å². The Bertz CT molecular complexity index is 1200. The first-order valence-corrected chi connectivity index (χ1v) is 10.5. The van der Waals surface area contributed by atoms with E-state index in [9.17, 15) is 19.8 Å². The Morgan fingerprint density at radius 2 is 1.94 bits per heavy atom. The van der Waals surface area contributed by atoms with Crippen LogP contribution in [0.25, 0.3) is 10.9 Å². The van der Waals surface area contributed by atoms with E-state index < -0.39 is 11.5 Å². The molecule has 8 heteroatoms. The lowest BCUT2D eigenvalue weighted by Gasteiger charge is -2.14. The number of methoxy groups -OCH3 is 1. The highest BCUT2D eigenvalue weighted by Gasteiger charge is 2.21. The van der Waals surface area contributed by atoms with Crippen molar-refractivity contribution in [3.63, 3.8) is 0 Å². The predicted octanol–water partition coefficient (Wildman–Crippen LogP) is 3.77. The highest BCUT2D eigenvalue weighted by molar-refractivity contribution is 6.02. The Hall–Kier alpha value is -3.81. The van der Waals surface area contributed by atoms with Gasteiger partial charge in [0.05, 0.1) is 18.8 Å². The van der Waals surface area contributed by atoms with Crippen molar-refractivity contribution in [1.82, 2.24) is 9.99 Å². The molecule has 0 atom stereocenters. The number of pyridine rings is 1. The summed E-state index contributed by atoms with van der Waals surface area (Å²) in [5.41, 5.74) is 2.55. The molecule has 0 unspecified atom stereocenters. The minimum absolute atomic E-state index is 0.0192. The fraction of sp³-hybridized carbons (Fsp3) is 0.292. The molecule has 0 radical (unpaired) electrons. The first-order chi connectivity index (χ1) is 15.5. The summed E-state index contributed by atoms with van der Waals surface area (Å²) in [5.74, 6) is -0.926. The Labute approximate surface area is 185 Å². The number of nitrogens with one attached hydrogen (secondary N) is 1. The molecule has 0 fully saturated rings. The maximum Gasteiger partial charge on any atom is 0.280 e. The molecule has 1 aromatic heterocycles. The van der Waals surface area contributed by atoms with Crippen molar-refractivity contribution in [3.8, 4) is 17.2 Å². The monoisotopic (exact) mass is 437 g/mol. The number of aromatic nitrogens is 1. The molecule has 0 aliphatic carbocycles. The van der Waals surface area contributed by atoms with Gasteiger partial charge in [-0.1, -0.05) is 38.3 Å². The predicted molar refractivity (Wildman–Crippen MR) is 124 cm³/mol. The van der Waals surface area contributed by atoms with Crippen LogP contribution in [0.1, 0.15) is 48.5 Å². The van der Waals surface area contributed by atoms with Gasteiger partial charge < -0.3 is 19.5 Å². The first-order valence-electron chi connectivity index (χ1n) is 10.5. The molecule has 3 N–H and O–H groups in total. The van der Waals surface area contributed by atoms with Crippen molar-refractivity contribution in [2.45, 2.75) is 39.2 Å². The average Bonchev–Trinajstić information content (AvgIpc) is 2.79. The van der Waals surface area contributed by atoms with E-state index in [1.54, 1.807) is 36.4 Å². The molecule has 32 heavy (non-hydrogen) atoms. The van der Waals surface area contributed by atoms with Crippen molar-refractivity contribution in [2.75, 3.05) is 7.11 Å². The molecule has 8 nitrogen and oxygen atoms in total. The molecule has 0 bridgehead atoms. The number of amides is 1. The number of benzene rings is 2.